The lowest BCUT2D eigenvalue weighted by atomic mass is 9.93. The quantitative estimate of drug-likeness (QED) is 0.856. The van der Waals surface area contributed by atoms with Gasteiger partial charge in [-0.2, -0.15) is 0 Å². The summed E-state index contributed by atoms with van der Waals surface area (Å²) in [5.74, 6) is -0.476. The maximum absolute atomic E-state index is 13.5. The molecule has 0 saturated heterocycles. The summed E-state index contributed by atoms with van der Waals surface area (Å²) in [5.41, 5.74) is 3.97. The smallest absolute Gasteiger partial charge is 0.123 e. The average molecular weight is 289 g/mol. The highest BCUT2D eigenvalue weighted by atomic mass is 19.1. The van der Waals surface area contributed by atoms with E-state index in [2.05, 4.69) is 5.32 Å². The average Bonchev–Trinajstić information content (AvgIpc) is 2.45. The van der Waals surface area contributed by atoms with Gasteiger partial charge in [0, 0.05) is 6.04 Å². The van der Waals surface area contributed by atoms with Gasteiger partial charge in [-0.05, 0) is 73.3 Å². The number of hydrogen-bond acceptors (Lipinski definition) is 1. The highest BCUT2D eigenvalue weighted by Gasteiger charge is 2.16. The van der Waals surface area contributed by atoms with E-state index < -0.39 is 0 Å². The second kappa shape index (κ2) is 6.81. The summed E-state index contributed by atoms with van der Waals surface area (Å²) >= 11 is 0. The molecular formula is C18H21F2N. The van der Waals surface area contributed by atoms with Gasteiger partial charge >= 0.3 is 0 Å². The number of hydrogen-bond donors (Lipinski definition) is 1. The van der Waals surface area contributed by atoms with E-state index in [9.17, 15) is 8.78 Å². The molecular weight excluding hydrogens is 268 g/mol. The van der Waals surface area contributed by atoms with Gasteiger partial charge in [-0.3, -0.25) is 0 Å². The Morgan fingerprint density at radius 1 is 0.952 bits per heavy atom. The molecule has 0 fully saturated rings. The Morgan fingerprint density at radius 2 is 1.57 bits per heavy atom. The molecule has 112 valence electrons. The second-order valence-corrected chi connectivity index (χ2v) is 5.39. The largest absolute Gasteiger partial charge is 0.310 e. The molecule has 2 rings (SSSR count). The third-order valence-electron chi connectivity index (χ3n) is 3.80. The van der Waals surface area contributed by atoms with Crippen LogP contribution in [0.5, 0.6) is 0 Å². The van der Waals surface area contributed by atoms with Crippen LogP contribution in [0.15, 0.2) is 36.4 Å². The lowest BCUT2D eigenvalue weighted by Gasteiger charge is -2.21. The van der Waals surface area contributed by atoms with Gasteiger partial charge in [0.1, 0.15) is 11.6 Å². The van der Waals surface area contributed by atoms with E-state index in [4.69, 9.17) is 0 Å². The summed E-state index contributed by atoms with van der Waals surface area (Å²) in [6.07, 6.45) is 0.641. The summed E-state index contributed by atoms with van der Waals surface area (Å²) in [7, 11) is 0. The van der Waals surface area contributed by atoms with Crippen molar-refractivity contribution in [1.29, 1.82) is 0 Å². The third-order valence-corrected chi connectivity index (χ3v) is 3.80. The Labute approximate surface area is 125 Å². The first-order chi connectivity index (χ1) is 10.0. The van der Waals surface area contributed by atoms with E-state index in [-0.39, 0.29) is 17.7 Å². The molecule has 0 amide bonds. The summed E-state index contributed by atoms with van der Waals surface area (Å²) in [4.78, 5) is 0. The van der Waals surface area contributed by atoms with Crippen LogP contribution in [0.4, 0.5) is 8.78 Å². The number of likely N-dealkylation sites (N-methyl/N-ethyl adjacent to an activating group) is 1. The molecule has 0 radical (unpaired) electrons. The SMILES string of the molecule is CCNC(Cc1cc(F)ccc1C)c1cc(F)ccc1C. The van der Waals surface area contributed by atoms with E-state index in [1.807, 2.05) is 20.8 Å². The minimum absolute atomic E-state index is 0.0220. The van der Waals surface area contributed by atoms with E-state index >= 15 is 0 Å². The molecule has 0 saturated carbocycles. The molecule has 0 aliphatic carbocycles. The highest BCUT2D eigenvalue weighted by molar-refractivity contribution is 5.33. The van der Waals surface area contributed by atoms with Crippen molar-refractivity contribution < 1.29 is 8.78 Å². The van der Waals surface area contributed by atoms with Crippen LogP contribution in [0, 0.1) is 25.5 Å². The van der Waals surface area contributed by atoms with Gasteiger partial charge in [0.05, 0.1) is 0 Å². The molecule has 2 aromatic carbocycles. The van der Waals surface area contributed by atoms with Crippen LogP contribution in [0.3, 0.4) is 0 Å². The maximum atomic E-state index is 13.5. The fraction of sp³-hybridized carbons (Fsp3) is 0.333. The van der Waals surface area contributed by atoms with Crippen LogP contribution in [-0.2, 0) is 6.42 Å². The zero-order valence-electron chi connectivity index (χ0n) is 12.7. The van der Waals surface area contributed by atoms with Crippen molar-refractivity contribution in [2.75, 3.05) is 6.54 Å². The van der Waals surface area contributed by atoms with E-state index in [0.717, 1.165) is 28.8 Å². The lowest BCUT2D eigenvalue weighted by molar-refractivity contribution is 0.536. The van der Waals surface area contributed by atoms with Gasteiger partial charge in [-0.25, -0.2) is 8.78 Å². The lowest BCUT2D eigenvalue weighted by Crippen LogP contribution is -2.24. The second-order valence-electron chi connectivity index (χ2n) is 5.39. The summed E-state index contributed by atoms with van der Waals surface area (Å²) < 4.78 is 27.0. The van der Waals surface area contributed by atoms with Gasteiger partial charge < -0.3 is 5.32 Å². The Kier molecular flexibility index (Phi) is 5.07. The van der Waals surface area contributed by atoms with Crippen LogP contribution in [0.1, 0.15) is 35.2 Å². The van der Waals surface area contributed by atoms with Crippen LogP contribution in [0.2, 0.25) is 0 Å². The molecule has 21 heavy (non-hydrogen) atoms. The minimum atomic E-state index is -0.241. The topological polar surface area (TPSA) is 12.0 Å². The molecule has 0 aromatic heterocycles. The summed E-state index contributed by atoms with van der Waals surface area (Å²) in [6, 6.07) is 9.61. The fourth-order valence-electron chi connectivity index (χ4n) is 2.61. The molecule has 1 nitrogen and oxygen atoms in total. The molecule has 0 spiro atoms. The molecule has 1 atom stereocenters. The van der Waals surface area contributed by atoms with Gasteiger partial charge in [0.15, 0.2) is 0 Å². The first kappa shape index (κ1) is 15.6. The van der Waals surface area contributed by atoms with Crippen molar-refractivity contribution in [3.8, 4) is 0 Å². The Bertz CT molecular complexity index is 623. The highest BCUT2D eigenvalue weighted by Crippen LogP contribution is 2.24. The van der Waals surface area contributed by atoms with Gasteiger partial charge in [0.2, 0.25) is 0 Å². The van der Waals surface area contributed by atoms with Crippen LogP contribution < -0.4 is 5.32 Å². The van der Waals surface area contributed by atoms with Crippen LogP contribution in [0.25, 0.3) is 0 Å². The van der Waals surface area contributed by atoms with Crippen molar-refractivity contribution >= 4 is 0 Å². The number of halogens is 2. The molecule has 3 heteroatoms. The molecule has 0 aliphatic rings. The van der Waals surface area contributed by atoms with Crippen molar-refractivity contribution in [1.82, 2.24) is 5.32 Å². The van der Waals surface area contributed by atoms with Crippen molar-refractivity contribution in [3.05, 3.63) is 70.3 Å². The Hall–Kier alpha value is -1.74. The van der Waals surface area contributed by atoms with E-state index in [1.165, 1.54) is 12.1 Å². The first-order valence-corrected chi connectivity index (χ1v) is 7.25. The summed E-state index contributed by atoms with van der Waals surface area (Å²) in [6.45, 7) is 6.73. The standard InChI is InChI=1S/C18H21F2N/c1-4-21-18(17-11-16(20)8-6-13(17)3)10-14-9-15(19)7-5-12(14)2/h5-9,11,18,21H,4,10H2,1-3H3. The summed E-state index contributed by atoms with van der Waals surface area (Å²) in [5, 5.41) is 3.37. The van der Waals surface area contributed by atoms with Gasteiger partial charge in [0.25, 0.3) is 0 Å². The van der Waals surface area contributed by atoms with E-state index in [1.54, 1.807) is 24.3 Å². The predicted molar refractivity (Wildman–Crippen MR) is 82.4 cm³/mol. The van der Waals surface area contributed by atoms with Crippen LogP contribution >= 0.6 is 0 Å². The molecule has 0 heterocycles. The van der Waals surface area contributed by atoms with Crippen molar-refractivity contribution in [2.24, 2.45) is 0 Å². The molecule has 1 N–H and O–H groups in total. The van der Waals surface area contributed by atoms with Gasteiger partial charge in [-0.15, -0.1) is 0 Å². The number of benzene rings is 2. The van der Waals surface area contributed by atoms with Crippen LogP contribution in [-0.4, -0.2) is 6.54 Å². The first-order valence-electron chi connectivity index (χ1n) is 7.25. The Morgan fingerprint density at radius 3 is 2.24 bits per heavy atom. The van der Waals surface area contributed by atoms with Crippen molar-refractivity contribution in [3.63, 3.8) is 0 Å². The van der Waals surface area contributed by atoms with Gasteiger partial charge in [-0.1, -0.05) is 19.1 Å². The normalized spacial score (nSPS) is 12.4. The predicted octanol–water partition coefficient (Wildman–Crippen LogP) is 4.47. The molecule has 2 aromatic rings. The minimum Gasteiger partial charge on any atom is -0.310 e. The molecule has 1 unspecified atom stereocenters. The Balaban J connectivity index is 2.35. The van der Waals surface area contributed by atoms with E-state index in [0.29, 0.717) is 6.42 Å². The zero-order valence-corrected chi connectivity index (χ0v) is 12.7. The number of rotatable bonds is 5. The number of aryl methyl sites for hydroxylation is 2. The third kappa shape index (κ3) is 3.88. The maximum Gasteiger partial charge on any atom is 0.123 e. The fourth-order valence-corrected chi connectivity index (χ4v) is 2.61. The van der Waals surface area contributed by atoms with Crippen molar-refractivity contribution in [2.45, 2.75) is 33.2 Å². The molecule has 0 aliphatic heterocycles. The monoisotopic (exact) mass is 289 g/mol. The molecule has 0 bridgehead atoms. The zero-order chi connectivity index (χ0) is 15.4. The number of nitrogens with one attached hydrogen (secondary N) is 1.